The number of carbonyl (C=O) groups is 2. The number of rotatable bonds is 6. The van der Waals surface area contributed by atoms with Crippen molar-refractivity contribution in [3.05, 3.63) is 54.1 Å². The van der Waals surface area contributed by atoms with Crippen molar-refractivity contribution in [3.63, 3.8) is 0 Å². The van der Waals surface area contributed by atoms with Crippen LogP contribution in [0, 0.1) is 0 Å². The van der Waals surface area contributed by atoms with E-state index in [9.17, 15) is 9.59 Å². The molecule has 0 fully saturated rings. The molecule has 0 aliphatic carbocycles. The third-order valence-corrected chi connectivity index (χ3v) is 5.13. The third-order valence-electron chi connectivity index (χ3n) is 5.13. The smallest absolute Gasteiger partial charge is 0.243 e. The van der Waals surface area contributed by atoms with E-state index in [0.717, 1.165) is 18.5 Å². The molecule has 2 amide bonds. The lowest BCUT2D eigenvalue weighted by Crippen LogP contribution is -2.46. The van der Waals surface area contributed by atoms with Crippen molar-refractivity contribution in [1.29, 1.82) is 0 Å². The van der Waals surface area contributed by atoms with Gasteiger partial charge in [-0.05, 0) is 43.5 Å². The normalized spacial score (nSPS) is 15.5. The first-order valence-electron chi connectivity index (χ1n) is 9.50. The predicted octanol–water partition coefficient (Wildman–Crippen LogP) is 2.93. The summed E-state index contributed by atoms with van der Waals surface area (Å²) in [7, 11) is 3.24. The fourth-order valence-electron chi connectivity index (χ4n) is 3.47. The lowest BCUT2D eigenvalue weighted by molar-refractivity contribution is -0.132. The van der Waals surface area contributed by atoms with Crippen LogP contribution in [0.15, 0.2) is 48.5 Å². The maximum Gasteiger partial charge on any atom is 0.243 e. The number of ether oxygens (including phenoxy) is 1. The summed E-state index contributed by atoms with van der Waals surface area (Å²) < 4.78 is 5.16. The number of fused-ring (bicyclic) bond motifs is 1. The zero-order valence-corrected chi connectivity index (χ0v) is 16.6. The number of likely N-dealkylation sites (N-methyl/N-ethyl adjacent to an activating group) is 1. The van der Waals surface area contributed by atoms with Gasteiger partial charge < -0.3 is 19.9 Å². The van der Waals surface area contributed by atoms with Gasteiger partial charge in [-0.15, -0.1) is 0 Å². The topological polar surface area (TPSA) is 61.9 Å². The highest BCUT2D eigenvalue weighted by molar-refractivity contribution is 5.95. The van der Waals surface area contributed by atoms with Gasteiger partial charge in [0, 0.05) is 30.5 Å². The van der Waals surface area contributed by atoms with Crippen molar-refractivity contribution in [3.8, 4) is 5.75 Å². The van der Waals surface area contributed by atoms with E-state index in [4.69, 9.17) is 4.74 Å². The lowest BCUT2D eigenvalue weighted by atomic mass is 9.96. The summed E-state index contributed by atoms with van der Waals surface area (Å²) in [5.41, 5.74) is 3.03. The van der Waals surface area contributed by atoms with Gasteiger partial charge in [-0.1, -0.05) is 24.3 Å². The number of hydrogen-bond acceptors (Lipinski definition) is 4. The van der Waals surface area contributed by atoms with Gasteiger partial charge in [0.25, 0.3) is 0 Å². The highest BCUT2D eigenvalue weighted by Crippen LogP contribution is 2.30. The molecule has 3 rings (SSSR count). The molecule has 0 aromatic heterocycles. The average molecular weight is 381 g/mol. The minimum Gasteiger partial charge on any atom is -0.497 e. The van der Waals surface area contributed by atoms with Crippen LogP contribution in [0.25, 0.3) is 0 Å². The number of benzene rings is 2. The number of anilines is 2. The van der Waals surface area contributed by atoms with Crippen LogP contribution in [0.5, 0.6) is 5.75 Å². The largest absolute Gasteiger partial charge is 0.497 e. The number of nitrogens with zero attached hydrogens (tertiary/aromatic N) is 2. The first kappa shape index (κ1) is 19.7. The molecular formula is C22H27N3O3. The van der Waals surface area contributed by atoms with E-state index in [1.54, 1.807) is 32.4 Å². The Morgan fingerprint density at radius 1 is 1.21 bits per heavy atom. The van der Waals surface area contributed by atoms with E-state index in [1.807, 2.05) is 18.2 Å². The van der Waals surface area contributed by atoms with Crippen molar-refractivity contribution in [1.82, 2.24) is 4.90 Å². The van der Waals surface area contributed by atoms with Crippen LogP contribution >= 0.6 is 0 Å². The van der Waals surface area contributed by atoms with Crippen molar-refractivity contribution < 1.29 is 14.3 Å². The summed E-state index contributed by atoms with van der Waals surface area (Å²) in [5, 5.41) is 2.80. The SMILES string of the molecule is COc1cccc(NC(=O)CN(C)C(=O)CN2c3ccccc3CC[C@H]2C)c1. The minimum absolute atomic E-state index is 0.0000884. The fraction of sp³-hybridized carbons (Fsp3) is 0.364. The van der Waals surface area contributed by atoms with Crippen LogP contribution in [0.3, 0.4) is 0 Å². The molecule has 0 spiro atoms. The second kappa shape index (κ2) is 8.78. The number of nitrogens with one attached hydrogen (secondary N) is 1. The molecule has 0 bridgehead atoms. The molecule has 1 aliphatic heterocycles. The Kier molecular flexibility index (Phi) is 6.19. The van der Waals surface area contributed by atoms with Gasteiger partial charge in [0.1, 0.15) is 5.75 Å². The highest BCUT2D eigenvalue weighted by atomic mass is 16.5. The van der Waals surface area contributed by atoms with E-state index in [1.165, 1.54) is 10.5 Å². The number of methoxy groups -OCH3 is 1. The Morgan fingerprint density at radius 2 is 2.00 bits per heavy atom. The van der Waals surface area contributed by atoms with Crippen molar-refractivity contribution in [2.75, 3.05) is 37.5 Å². The van der Waals surface area contributed by atoms with E-state index in [0.29, 0.717) is 11.4 Å². The monoisotopic (exact) mass is 381 g/mol. The molecule has 148 valence electrons. The Bertz CT molecular complexity index is 852. The molecule has 0 unspecified atom stereocenters. The molecule has 0 radical (unpaired) electrons. The minimum atomic E-state index is -0.240. The second-order valence-electron chi connectivity index (χ2n) is 7.17. The molecule has 2 aromatic rings. The van der Waals surface area contributed by atoms with Gasteiger partial charge in [-0.2, -0.15) is 0 Å². The van der Waals surface area contributed by atoms with Crippen LogP contribution in [-0.4, -0.2) is 50.0 Å². The van der Waals surface area contributed by atoms with Gasteiger partial charge in [-0.3, -0.25) is 9.59 Å². The Labute approximate surface area is 166 Å². The molecule has 6 nitrogen and oxygen atoms in total. The summed E-state index contributed by atoms with van der Waals surface area (Å²) >= 11 is 0. The number of para-hydroxylation sites is 1. The fourth-order valence-corrected chi connectivity index (χ4v) is 3.47. The summed E-state index contributed by atoms with van der Waals surface area (Å²) in [6.45, 7) is 2.40. The first-order valence-corrected chi connectivity index (χ1v) is 9.50. The van der Waals surface area contributed by atoms with Gasteiger partial charge in [-0.25, -0.2) is 0 Å². The van der Waals surface area contributed by atoms with Crippen molar-refractivity contribution in [2.24, 2.45) is 0 Å². The standard InChI is InChI=1S/C22H27N3O3/c1-16-11-12-17-7-4-5-10-20(17)25(16)15-22(27)24(2)14-21(26)23-18-8-6-9-19(13-18)28-3/h4-10,13,16H,11-12,14-15H2,1-3H3,(H,23,26)/t16-/m1/s1. The number of carbonyl (C=O) groups excluding carboxylic acids is 2. The number of amides is 2. The van der Waals surface area contributed by atoms with E-state index >= 15 is 0 Å². The van der Waals surface area contributed by atoms with Crippen LogP contribution in [0.4, 0.5) is 11.4 Å². The van der Waals surface area contributed by atoms with Crippen LogP contribution in [-0.2, 0) is 16.0 Å². The van der Waals surface area contributed by atoms with E-state index in [2.05, 4.69) is 29.3 Å². The Balaban J connectivity index is 1.59. The third kappa shape index (κ3) is 4.63. The maximum atomic E-state index is 12.7. The second-order valence-corrected chi connectivity index (χ2v) is 7.17. The molecule has 0 saturated heterocycles. The summed E-state index contributed by atoms with van der Waals surface area (Å²) in [6, 6.07) is 15.6. The zero-order chi connectivity index (χ0) is 20.1. The van der Waals surface area contributed by atoms with E-state index in [-0.39, 0.29) is 30.9 Å². The van der Waals surface area contributed by atoms with E-state index < -0.39 is 0 Å². The molecule has 28 heavy (non-hydrogen) atoms. The molecule has 1 aliphatic rings. The highest BCUT2D eigenvalue weighted by Gasteiger charge is 2.26. The van der Waals surface area contributed by atoms with Gasteiger partial charge in [0.05, 0.1) is 20.2 Å². The molecular weight excluding hydrogens is 354 g/mol. The zero-order valence-electron chi connectivity index (χ0n) is 16.6. The predicted molar refractivity (Wildman–Crippen MR) is 111 cm³/mol. The van der Waals surface area contributed by atoms with Crippen LogP contribution in [0.2, 0.25) is 0 Å². The summed E-state index contributed by atoms with van der Waals surface area (Å²) in [4.78, 5) is 28.7. The molecule has 1 N–H and O–H groups in total. The molecule has 1 heterocycles. The quantitative estimate of drug-likeness (QED) is 0.836. The van der Waals surface area contributed by atoms with Crippen LogP contribution in [0.1, 0.15) is 18.9 Å². The Hall–Kier alpha value is -3.02. The van der Waals surface area contributed by atoms with Crippen LogP contribution < -0.4 is 15.0 Å². The summed E-state index contributed by atoms with van der Waals surface area (Å²) in [5.74, 6) is 0.348. The molecule has 2 aromatic carbocycles. The summed E-state index contributed by atoms with van der Waals surface area (Å²) in [6.07, 6.45) is 2.05. The van der Waals surface area contributed by atoms with Crippen molar-refractivity contribution >= 4 is 23.2 Å². The Morgan fingerprint density at radius 3 is 2.79 bits per heavy atom. The molecule has 6 heteroatoms. The molecule has 0 saturated carbocycles. The van der Waals surface area contributed by atoms with Gasteiger partial charge >= 0.3 is 0 Å². The maximum absolute atomic E-state index is 12.7. The first-order chi connectivity index (χ1) is 13.5. The van der Waals surface area contributed by atoms with Crippen molar-refractivity contribution in [2.45, 2.75) is 25.8 Å². The lowest BCUT2D eigenvalue weighted by Gasteiger charge is -2.37. The average Bonchev–Trinajstić information content (AvgIpc) is 2.70. The van der Waals surface area contributed by atoms with Gasteiger partial charge in [0.2, 0.25) is 11.8 Å². The number of aryl methyl sites for hydroxylation is 1. The number of hydrogen-bond donors (Lipinski definition) is 1. The van der Waals surface area contributed by atoms with Gasteiger partial charge in [0.15, 0.2) is 0 Å². The molecule has 1 atom stereocenters.